The summed E-state index contributed by atoms with van der Waals surface area (Å²) in [7, 11) is -0.361. The fourth-order valence-electron chi connectivity index (χ4n) is 2.55. The number of ether oxygens (including phenoxy) is 1. The first-order chi connectivity index (χ1) is 9.11. The van der Waals surface area contributed by atoms with Crippen LogP contribution in [0.5, 0.6) is 5.75 Å². The highest BCUT2D eigenvalue weighted by Crippen LogP contribution is 2.35. The van der Waals surface area contributed by atoms with E-state index in [1.165, 1.54) is 0 Å². The molecule has 0 bridgehead atoms. The van der Waals surface area contributed by atoms with Crippen molar-refractivity contribution >= 4 is 28.5 Å². The molecule has 2 heterocycles. The van der Waals surface area contributed by atoms with Crippen molar-refractivity contribution in [3.05, 3.63) is 22.2 Å². The molecule has 6 heteroatoms. The molecule has 0 saturated carbocycles. The Labute approximate surface area is 121 Å². The monoisotopic (exact) mass is 325 g/mol. The second-order valence-corrected chi connectivity index (χ2v) is 6.15. The minimum absolute atomic E-state index is 0.0517. The van der Waals surface area contributed by atoms with E-state index < -0.39 is 0 Å². The minimum atomic E-state index is -0.361. The fraction of sp³-hybridized carbons (Fsp3) is 0.538. The molecule has 0 fully saturated rings. The van der Waals surface area contributed by atoms with Crippen LogP contribution in [0.1, 0.15) is 25.5 Å². The van der Waals surface area contributed by atoms with Crippen LogP contribution in [0.4, 0.5) is 0 Å². The third kappa shape index (κ3) is 2.20. The SMILES string of the molecule is CC(C)C1COB2OC(CN)c3c(Br)ccc(c32)O1. The van der Waals surface area contributed by atoms with Gasteiger partial charge in [0.15, 0.2) is 0 Å². The van der Waals surface area contributed by atoms with E-state index in [4.69, 9.17) is 19.8 Å². The minimum Gasteiger partial charge on any atom is -0.488 e. The van der Waals surface area contributed by atoms with Crippen LogP contribution < -0.4 is 15.9 Å². The Kier molecular flexibility index (Phi) is 3.60. The summed E-state index contributed by atoms with van der Waals surface area (Å²) >= 11 is 3.57. The van der Waals surface area contributed by atoms with E-state index in [9.17, 15) is 0 Å². The van der Waals surface area contributed by atoms with Gasteiger partial charge in [-0.15, -0.1) is 0 Å². The van der Waals surface area contributed by atoms with E-state index in [2.05, 4.69) is 29.8 Å². The molecule has 2 aliphatic rings. The van der Waals surface area contributed by atoms with Crippen molar-refractivity contribution in [3.63, 3.8) is 0 Å². The Balaban J connectivity index is 2.06. The normalized spacial score (nSPS) is 25.2. The van der Waals surface area contributed by atoms with E-state index >= 15 is 0 Å². The number of hydrogen-bond acceptors (Lipinski definition) is 4. The molecule has 102 valence electrons. The van der Waals surface area contributed by atoms with Crippen molar-refractivity contribution in [1.29, 1.82) is 0 Å². The van der Waals surface area contributed by atoms with Crippen molar-refractivity contribution in [3.8, 4) is 5.75 Å². The highest BCUT2D eigenvalue weighted by molar-refractivity contribution is 9.10. The van der Waals surface area contributed by atoms with Gasteiger partial charge in [-0.2, -0.15) is 0 Å². The van der Waals surface area contributed by atoms with Crippen LogP contribution in [0.25, 0.3) is 0 Å². The maximum absolute atomic E-state index is 6.09. The molecule has 19 heavy (non-hydrogen) atoms. The molecule has 2 unspecified atom stereocenters. The first kappa shape index (κ1) is 13.4. The topological polar surface area (TPSA) is 53.7 Å². The lowest BCUT2D eigenvalue weighted by Crippen LogP contribution is -2.33. The molecule has 4 nitrogen and oxygen atoms in total. The molecule has 0 spiro atoms. The van der Waals surface area contributed by atoms with Crippen LogP contribution in [0.2, 0.25) is 0 Å². The van der Waals surface area contributed by atoms with Crippen LogP contribution in [0.15, 0.2) is 16.6 Å². The number of halogens is 1. The molecule has 2 N–H and O–H groups in total. The van der Waals surface area contributed by atoms with Gasteiger partial charge in [-0.05, 0) is 23.6 Å². The van der Waals surface area contributed by atoms with Crippen molar-refractivity contribution in [2.75, 3.05) is 13.2 Å². The van der Waals surface area contributed by atoms with Gasteiger partial charge in [-0.1, -0.05) is 29.8 Å². The van der Waals surface area contributed by atoms with E-state index in [1.54, 1.807) is 0 Å². The van der Waals surface area contributed by atoms with Gasteiger partial charge in [0.25, 0.3) is 0 Å². The number of benzene rings is 1. The zero-order valence-electron chi connectivity index (χ0n) is 11.1. The molecule has 0 saturated heterocycles. The molecular formula is C13H17BBrNO3. The molecule has 0 amide bonds. The van der Waals surface area contributed by atoms with Gasteiger partial charge in [0.05, 0.1) is 12.7 Å². The molecular weight excluding hydrogens is 309 g/mol. The summed E-state index contributed by atoms with van der Waals surface area (Å²) in [5.41, 5.74) is 7.84. The zero-order valence-corrected chi connectivity index (χ0v) is 12.6. The molecule has 0 radical (unpaired) electrons. The summed E-state index contributed by atoms with van der Waals surface area (Å²) < 4.78 is 18.9. The summed E-state index contributed by atoms with van der Waals surface area (Å²) in [6.45, 7) is 5.22. The lowest BCUT2D eigenvalue weighted by atomic mass is 9.78. The van der Waals surface area contributed by atoms with Crippen molar-refractivity contribution in [2.24, 2.45) is 11.7 Å². The fourth-order valence-corrected chi connectivity index (χ4v) is 3.15. The average Bonchev–Trinajstić information content (AvgIpc) is 2.66. The second kappa shape index (κ2) is 5.09. The standard InChI is InChI=1S/C13H17BBrNO3/c1-7(2)11-6-17-14-13-9(18-11)4-3-8(15)12(13)10(5-16)19-14/h3-4,7,10-11H,5-6,16H2,1-2H3. The Morgan fingerprint density at radius 3 is 2.95 bits per heavy atom. The van der Waals surface area contributed by atoms with E-state index in [0.29, 0.717) is 19.1 Å². The molecule has 0 aliphatic carbocycles. The maximum Gasteiger partial charge on any atom is 0.498 e. The molecule has 3 rings (SSSR count). The first-order valence-corrected chi connectivity index (χ1v) is 7.37. The van der Waals surface area contributed by atoms with Gasteiger partial charge in [0.1, 0.15) is 11.9 Å². The molecule has 0 aromatic heterocycles. The van der Waals surface area contributed by atoms with Gasteiger partial charge < -0.3 is 19.8 Å². The van der Waals surface area contributed by atoms with Gasteiger partial charge >= 0.3 is 7.12 Å². The summed E-state index contributed by atoms with van der Waals surface area (Å²) in [5.74, 6) is 1.25. The average molecular weight is 326 g/mol. The van der Waals surface area contributed by atoms with Crippen molar-refractivity contribution in [1.82, 2.24) is 0 Å². The van der Waals surface area contributed by atoms with Gasteiger partial charge in [0, 0.05) is 16.5 Å². The van der Waals surface area contributed by atoms with E-state index in [0.717, 1.165) is 21.2 Å². The Morgan fingerprint density at radius 2 is 2.26 bits per heavy atom. The summed E-state index contributed by atoms with van der Waals surface area (Å²) in [4.78, 5) is 0. The predicted molar refractivity (Wildman–Crippen MR) is 77.6 cm³/mol. The summed E-state index contributed by atoms with van der Waals surface area (Å²) in [6, 6.07) is 3.97. The Morgan fingerprint density at radius 1 is 1.47 bits per heavy atom. The zero-order chi connectivity index (χ0) is 13.6. The highest BCUT2D eigenvalue weighted by Gasteiger charge is 2.43. The van der Waals surface area contributed by atoms with Crippen LogP contribution in [-0.4, -0.2) is 26.4 Å². The second-order valence-electron chi connectivity index (χ2n) is 5.30. The van der Waals surface area contributed by atoms with Gasteiger partial charge in [0.2, 0.25) is 0 Å². The first-order valence-electron chi connectivity index (χ1n) is 6.58. The molecule has 1 aromatic rings. The smallest absolute Gasteiger partial charge is 0.488 e. The lowest BCUT2D eigenvalue weighted by Gasteiger charge is -2.22. The third-order valence-electron chi connectivity index (χ3n) is 3.69. The van der Waals surface area contributed by atoms with Crippen LogP contribution in [-0.2, 0) is 9.31 Å². The number of rotatable bonds is 2. The predicted octanol–water partition coefficient (Wildman–Crippen LogP) is 1.61. The number of hydrogen-bond donors (Lipinski definition) is 1. The van der Waals surface area contributed by atoms with Crippen molar-refractivity contribution < 1.29 is 14.0 Å². The number of nitrogens with two attached hydrogens (primary N) is 1. The summed E-state index contributed by atoms with van der Waals surface area (Å²) in [5, 5.41) is 0. The van der Waals surface area contributed by atoms with Crippen molar-refractivity contribution in [2.45, 2.75) is 26.1 Å². The van der Waals surface area contributed by atoms with E-state index in [1.807, 2.05) is 12.1 Å². The van der Waals surface area contributed by atoms with Gasteiger partial charge in [-0.25, -0.2) is 0 Å². The van der Waals surface area contributed by atoms with Crippen LogP contribution >= 0.6 is 15.9 Å². The third-order valence-corrected chi connectivity index (χ3v) is 4.38. The molecule has 2 aliphatic heterocycles. The Hall–Kier alpha value is -0.555. The quantitative estimate of drug-likeness (QED) is 0.839. The largest absolute Gasteiger partial charge is 0.498 e. The highest BCUT2D eigenvalue weighted by atomic mass is 79.9. The maximum atomic E-state index is 6.09. The van der Waals surface area contributed by atoms with Crippen LogP contribution in [0.3, 0.4) is 0 Å². The lowest BCUT2D eigenvalue weighted by molar-refractivity contribution is 0.0774. The van der Waals surface area contributed by atoms with E-state index in [-0.39, 0.29) is 19.3 Å². The summed E-state index contributed by atoms with van der Waals surface area (Å²) in [6.07, 6.45) is -0.0793. The van der Waals surface area contributed by atoms with Crippen LogP contribution in [0, 0.1) is 5.92 Å². The molecule has 1 aromatic carbocycles. The Bertz CT molecular complexity index is 497. The van der Waals surface area contributed by atoms with Gasteiger partial charge in [-0.3, -0.25) is 0 Å². The molecule has 2 atom stereocenters.